The summed E-state index contributed by atoms with van der Waals surface area (Å²) < 4.78 is 6.01. The number of nitrogens with zero attached hydrogens (tertiary/aromatic N) is 1. The van der Waals surface area contributed by atoms with E-state index in [1.54, 1.807) is 18.4 Å². The number of benzene rings is 1. The maximum Gasteiger partial charge on any atom is 0.335 e. The van der Waals surface area contributed by atoms with Gasteiger partial charge < -0.3 is 14.4 Å². The monoisotopic (exact) mass is 323 g/mol. The minimum atomic E-state index is -0.935. The van der Waals surface area contributed by atoms with Gasteiger partial charge in [0.15, 0.2) is 0 Å². The molecule has 2 aromatic rings. The number of carbonyl (C=O) groups is 1. The summed E-state index contributed by atoms with van der Waals surface area (Å²) in [7, 11) is 1.92. The van der Waals surface area contributed by atoms with Gasteiger partial charge in [0.2, 0.25) is 0 Å². The van der Waals surface area contributed by atoms with Crippen LogP contribution in [-0.2, 0) is 6.54 Å². The summed E-state index contributed by atoms with van der Waals surface area (Å²) in [5.74, 6) is -0.0595. The Morgan fingerprint density at radius 3 is 2.74 bits per heavy atom. The molecule has 0 aliphatic heterocycles. The first kappa shape index (κ1) is 13.7. The molecule has 0 radical (unpaired) electrons. The van der Waals surface area contributed by atoms with E-state index in [2.05, 4.69) is 15.9 Å². The average Bonchev–Trinajstić information content (AvgIpc) is 2.74. The second-order valence-electron chi connectivity index (χ2n) is 4.36. The summed E-state index contributed by atoms with van der Waals surface area (Å²) in [4.78, 5) is 13.0. The van der Waals surface area contributed by atoms with Crippen molar-refractivity contribution >= 4 is 27.6 Å². The third-order valence-electron chi connectivity index (χ3n) is 2.94. The van der Waals surface area contributed by atoms with Crippen molar-refractivity contribution in [1.29, 1.82) is 0 Å². The summed E-state index contributed by atoms with van der Waals surface area (Å²) >= 11 is 3.33. The molecule has 0 atom stereocenters. The molecule has 19 heavy (non-hydrogen) atoms. The molecule has 0 amide bonds. The van der Waals surface area contributed by atoms with E-state index >= 15 is 0 Å². The minimum absolute atomic E-state index is 0.264. The van der Waals surface area contributed by atoms with E-state index in [1.807, 2.05) is 31.0 Å². The molecule has 1 N–H and O–H groups in total. The lowest BCUT2D eigenvalue weighted by Crippen LogP contribution is -2.17. The quantitative estimate of drug-likeness (QED) is 0.932. The number of carboxylic acids is 1. The van der Waals surface area contributed by atoms with Crippen molar-refractivity contribution in [3.05, 3.63) is 51.9 Å². The molecule has 5 heteroatoms. The van der Waals surface area contributed by atoms with Crippen molar-refractivity contribution in [1.82, 2.24) is 0 Å². The third-order valence-corrected chi connectivity index (χ3v) is 3.40. The predicted molar refractivity (Wildman–Crippen MR) is 76.7 cm³/mol. The zero-order chi connectivity index (χ0) is 14.0. The van der Waals surface area contributed by atoms with Crippen LogP contribution in [0.5, 0.6) is 0 Å². The van der Waals surface area contributed by atoms with Crippen molar-refractivity contribution in [2.45, 2.75) is 13.5 Å². The van der Waals surface area contributed by atoms with Crippen LogP contribution in [-0.4, -0.2) is 18.1 Å². The number of aromatic carboxylic acids is 1. The van der Waals surface area contributed by atoms with Crippen LogP contribution in [0.4, 0.5) is 5.69 Å². The Morgan fingerprint density at radius 1 is 1.42 bits per heavy atom. The smallest absolute Gasteiger partial charge is 0.335 e. The first-order valence-electron chi connectivity index (χ1n) is 5.75. The molecule has 0 spiro atoms. The highest BCUT2D eigenvalue weighted by Gasteiger charge is 2.11. The van der Waals surface area contributed by atoms with Gasteiger partial charge in [-0.15, -0.1) is 0 Å². The minimum Gasteiger partial charge on any atom is -0.478 e. The Morgan fingerprint density at radius 2 is 2.16 bits per heavy atom. The molecule has 4 nitrogen and oxygen atoms in total. The Labute approximate surface area is 119 Å². The van der Waals surface area contributed by atoms with Crippen molar-refractivity contribution in [2.24, 2.45) is 0 Å². The van der Waals surface area contributed by atoms with Crippen LogP contribution in [0.2, 0.25) is 0 Å². The fourth-order valence-corrected chi connectivity index (χ4v) is 2.32. The molecule has 0 aliphatic carbocycles. The van der Waals surface area contributed by atoms with Crippen LogP contribution in [0.1, 0.15) is 21.7 Å². The molecule has 1 heterocycles. The first-order valence-corrected chi connectivity index (χ1v) is 6.54. The van der Waals surface area contributed by atoms with Crippen molar-refractivity contribution in [3.63, 3.8) is 0 Å². The molecule has 0 unspecified atom stereocenters. The van der Waals surface area contributed by atoms with Crippen LogP contribution in [0.15, 0.2) is 39.4 Å². The lowest BCUT2D eigenvalue weighted by atomic mass is 10.1. The SMILES string of the molecule is Cc1occc1CN(C)c1cc(Br)cc(C(=O)O)c1. The highest BCUT2D eigenvalue weighted by Crippen LogP contribution is 2.24. The topological polar surface area (TPSA) is 53.7 Å². The Hall–Kier alpha value is -1.75. The lowest BCUT2D eigenvalue weighted by molar-refractivity contribution is 0.0697. The summed E-state index contributed by atoms with van der Waals surface area (Å²) in [6.07, 6.45) is 1.65. The van der Waals surface area contributed by atoms with Crippen LogP contribution in [0.3, 0.4) is 0 Å². The van der Waals surface area contributed by atoms with Crippen molar-refractivity contribution in [2.75, 3.05) is 11.9 Å². The van der Waals surface area contributed by atoms with E-state index < -0.39 is 5.97 Å². The predicted octanol–water partition coefficient (Wildman–Crippen LogP) is 3.69. The highest BCUT2D eigenvalue weighted by atomic mass is 79.9. The molecular formula is C14H14BrNO3. The molecule has 0 saturated carbocycles. The number of anilines is 1. The zero-order valence-electron chi connectivity index (χ0n) is 10.7. The van der Waals surface area contributed by atoms with Gasteiger partial charge in [-0.3, -0.25) is 0 Å². The van der Waals surface area contributed by atoms with Gasteiger partial charge in [-0.25, -0.2) is 4.79 Å². The van der Waals surface area contributed by atoms with Gasteiger partial charge in [0.25, 0.3) is 0 Å². The third kappa shape index (κ3) is 3.17. The van der Waals surface area contributed by atoms with Crippen LogP contribution >= 0.6 is 15.9 Å². The van der Waals surface area contributed by atoms with E-state index in [0.717, 1.165) is 21.5 Å². The summed E-state index contributed by atoms with van der Waals surface area (Å²) in [5.41, 5.74) is 2.19. The van der Waals surface area contributed by atoms with Crippen molar-refractivity contribution < 1.29 is 14.3 Å². The molecule has 2 rings (SSSR count). The van der Waals surface area contributed by atoms with Gasteiger partial charge in [0.05, 0.1) is 11.8 Å². The fraction of sp³-hybridized carbons (Fsp3) is 0.214. The molecule has 0 aliphatic rings. The maximum atomic E-state index is 11.0. The van der Waals surface area contributed by atoms with Crippen molar-refractivity contribution in [3.8, 4) is 0 Å². The molecule has 0 bridgehead atoms. The van der Waals surface area contributed by atoms with Gasteiger partial charge >= 0.3 is 5.97 Å². The number of hydrogen-bond acceptors (Lipinski definition) is 3. The summed E-state index contributed by atoms with van der Waals surface area (Å²) in [6, 6.07) is 7.05. The second kappa shape index (κ2) is 5.48. The lowest BCUT2D eigenvalue weighted by Gasteiger charge is -2.19. The number of hydrogen-bond donors (Lipinski definition) is 1. The van der Waals surface area contributed by atoms with Gasteiger partial charge in [0.1, 0.15) is 5.76 Å². The van der Waals surface area contributed by atoms with Gasteiger partial charge in [-0.05, 0) is 31.2 Å². The number of halogens is 1. The summed E-state index contributed by atoms with van der Waals surface area (Å²) in [5, 5.41) is 9.06. The number of aryl methyl sites for hydroxylation is 1. The first-order chi connectivity index (χ1) is 8.97. The average molecular weight is 324 g/mol. The highest BCUT2D eigenvalue weighted by molar-refractivity contribution is 9.10. The van der Waals surface area contributed by atoms with E-state index in [9.17, 15) is 4.79 Å². The zero-order valence-corrected chi connectivity index (χ0v) is 12.3. The Bertz CT molecular complexity index is 606. The number of furan rings is 1. The van der Waals surface area contributed by atoms with Gasteiger partial charge in [0, 0.05) is 29.3 Å². The standard InChI is InChI=1S/C14H14BrNO3/c1-9-10(3-4-19-9)8-16(2)13-6-11(14(17)18)5-12(15)7-13/h3-7H,8H2,1-2H3,(H,17,18). The molecule has 1 aromatic heterocycles. The van der Waals surface area contributed by atoms with E-state index in [4.69, 9.17) is 9.52 Å². The Kier molecular flexibility index (Phi) is 3.95. The molecule has 1 aromatic carbocycles. The molecule has 0 fully saturated rings. The second-order valence-corrected chi connectivity index (χ2v) is 5.28. The van der Waals surface area contributed by atoms with Gasteiger partial charge in [-0.2, -0.15) is 0 Å². The van der Waals surface area contributed by atoms with E-state index in [-0.39, 0.29) is 5.56 Å². The van der Waals surface area contributed by atoms with Gasteiger partial charge in [-0.1, -0.05) is 15.9 Å². The molecule has 100 valence electrons. The summed E-state index contributed by atoms with van der Waals surface area (Å²) in [6.45, 7) is 2.57. The van der Waals surface area contributed by atoms with E-state index in [0.29, 0.717) is 6.54 Å². The normalized spacial score (nSPS) is 10.5. The van der Waals surface area contributed by atoms with Crippen LogP contribution in [0.25, 0.3) is 0 Å². The largest absolute Gasteiger partial charge is 0.478 e. The Balaban J connectivity index is 2.26. The van der Waals surface area contributed by atoms with E-state index in [1.165, 1.54) is 0 Å². The maximum absolute atomic E-state index is 11.0. The van der Waals surface area contributed by atoms with Crippen LogP contribution in [0, 0.1) is 6.92 Å². The molecular weight excluding hydrogens is 310 g/mol. The fourth-order valence-electron chi connectivity index (χ4n) is 1.84. The number of carboxylic acid groups (broad SMARTS) is 1. The molecule has 0 saturated heterocycles. The van der Waals surface area contributed by atoms with Crippen LogP contribution < -0.4 is 4.90 Å². The number of rotatable bonds is 4.